The zero-order chi connectivity index (χ0) is 24.0. The monoisotopic (exact) mass is 461 g/mol. The van der Waals surface area contributed by atoms with Crippen molar-refractivity contribution in [2.45, 2.75) is 24.8 Å². The first kappa shape index (κ1) is 21.5. The molecule has 0 unspecified atom stereocenters. The summed E-state index contributed by atoms with van der Waals surface area (Å²) < 4.78 is 12.4. The fourth-order valence-electron chi connectivity index (χ4n) is 4.69. The minimum atomic E-state index is -1.02. The van der Waals surface area contributed by atoms with Crippen LogP contribution in [0.1, 0.15) is 46.3 Å². The molecule has 2 aromatic carbocycles. The number of allylic oxidation sites excluding steroid dienone is 2. The number of nitrogens with two attached hydrogens (primary N) is 1. The third-order valence-corrected chi connectivity index (χ3v) is 6.29. The summed E-state index contributed by atoms with van der Waals surface area (Å²) in [7, 11) is 3.16. The summed E-state index contributed by atoms with van der Waals surface area (Å²) in [4.78, 5) is 29.1. The molecule has 2 heterocycles. The number of carbonyl (C=O) groups is 2. The van der Waals surface area contributed by atoms with Gasteiger partial charge in [0.05, 0.1) is 19.8 Å². The molecule has 0 amide bonds. The van der Waals surface area contributed by atoms with Crippen molar-refractivity contribution in [3.8, 4) is 11.5 Å². The van der Waals surface area contributed by atoms with Crippen molar-refractivity contribution in [2.24, 2.45) is 0 Å². The average molecular weight is 461 g/mol. The molecule has 1 aliphatic heterocycles. The van der Waals surface area contributed by atoms with E-state index in [1.54, 1.807) is 31.0 Å². The van der Waals surface area contributed by atoms with Crippen LogP contribution in [0.5, 0.6) is 11.5 Å². The van der Waals surface area contributed by atoms with Crippen LogP contribution in [-0.4, -0.2) is 45.8 Å². The van der Waals surface area contributed by atoms with Crippen molar-refractivity contribution in [3.63, 3.8) is 0 Å². The van der Waals surface area contributed by atoms with Crippen molar-refractivity contribution >= 4 is 23.6 Å². The highest BCUT2D eigenvalue weighted by Gasteiger charge is 2.39. The second-order valence-corrected chi connectivity index (χ2v) is 8.23. The summed E-state index contributed by atoms with van der Waals surface area (Å²) in [6.07, 6.45) is 0.881. The number of Topliss-reactive ketones (excluding diaryl/α,β-unsaturated/α-hetero) is 1. The van der Waals surface area contributed by atoms with E-state index in [-0.39, 0.29) is 23.2 Å². The van der Waals surface area contributed by atoms with Crippen molar-refractivity contribution in [1.82, 2.24) is 14.8 Å². The molecule has 0 radical (unpaired) electrons. The summed E-state index contributed by atoms with van der Waals surface area (Å²) in [6.45, 7) is 0. The van der Waals surface area contributed by atoms with E-state index in [1.165, 1.54) is 12.1 Å². The maximum Gasteiger partial charge on any atom is 0.335 e. The van der Waals surface area contributed by atoms with Gasteiger partial charge < -0.3 is 25.6 Å². The number of nitrogen functional groups attached to an aromatic ring is 1. The Morgan fingerprint density at radius 2 is 1.79 bits per heavy atom. The molecular weight excluding hydrogens is 438 g/mol. The number of benzene rings is 2. The largest absolute Gasteiger partial charge is 0.493 e. The first-order valence-corrected chi connectivity index (χ1v) is 10.7. The van der Waals surface area contributed by atoms with Gasteiger partial charge in [-0.25, -0.2) is 9.48 Å². The van der Waals surface area contributed by atoms with Crippen molar-refractivity contribution in [1.29, 1.82) is 0 Å². The molecule has 4 N–H and O–H groups in total. The molecule has 0 spiro atoms. The third-order valence-electron chi connectivity index (χ3n) is 6.29. The SMILES string of the molecule is COc1ccc([C@@H]2CC(=O)C3=C(C2)Nc2nc(N)nn2[C@H]3c2ccc(C(=O)O)cc2)cc1OC. The lowest BCUT2D eigenvalue weighted by atomic mass is 9.78. The molecule has 2 aliphatic rings. The Bertz CT molecular complexity index is 1330. The number of ether oxygens (including phenoxy) is 2. The number of aromatic nitrogens is 3. The fourth-order valence-corrected chi connectivity index (χ4v) is 4.69. The van der Waals surface area contributed by atoms with Crippen LogP contribution in [-0.2, 0) is 4.79 Å². The molecule has 2 atom stereocenters. The van der Waals surface area contributed by atoms with Crippen LogP contribution in [0.25, 0.3) is 0 Å². The Balaban J connectivity index is 1.56. The second-order valence-electron chi connectivity index (χ2n) is 8.23. The molecule has 0 saturated heterocycles. The van der Waals surface area contributed by atoms with E-state index in [1.807, 2.05) is 18.2 Å². The normalized spacial score (nSPS) is 19.2. The molecule has 3 aromatic rings. The van der Waals surface area contributed by atoms with E-state index in [4.69, 9.17) is 15.2 Å². The van der Waals surface area contributed by atoms with E-state index in [0.717, 1.165) is 16.8 Å². The van der Waals surface area contributed by atoms with Gasteiger partial charge in [0, 0.05) is 17.7 Å². The van der Waals surface area contributed by atoms with Gasteiger partial charge in [0.2, 0.25) is 11.9 Å². The zero-order valence-electron chi connectivity index (χ0n) is 18.6. The number of anilines is 2. The smallest absolute Gasteiger partial charge is 0.335 e. The topological polar surface area (TPSA) is 142 Å². The number of ketones is 1. The first-order chi connectivity index (χ1) is 16.4. The molecule has 34 heavy (non-hydrogen) atoms. The predicted molar refractivity (Wildman–Crippen MR) is 123 cm³/mol. The van der Waals surface area contributed by atoms with Crippen LogP contribution >= 0.6 is 0 Å². The molecule has 1 aliphatic carbocycles. The van der Waals surface area contributed by atoms with Gasteiger partial charge in [0.15, 0.2) is 17.3 Å². The van der Waals surface area contributed by atoms with Crippen LogP contribution in [0, 0.1) is 0 Å². The van der Waals surface area contributed by atoms with Gasteiger partial charge in [-0.15, -0.1) is 5.10 Å². The average Bonchev–Trinajstić information content (AvgIpc) is 3.21. The summed E-state index contributed by atoms with van der Waals surface area (Å²) in [5.74, 6) is 0.628. The molecule has 174 valence electrons. The van der Waals surface area contributed by atoms with Gasteiger partial charge in [-0.3, -0.25) is 4.79 Å². The quantitative estimate of drug-likeness (QED) is 0.523. The van der Waals surface area contributed by atoms with E-state index in [9.17, 15) is 14.7 Å². The molecular formula is C24H23N5O5. The van der Waals surface area contributed by atoms with Gasteiger partial charge in [0.1, 0.15) is 6.04 Å². The highest BCUT2D eigenvalue weighted by atomic mass is 16.5. The van der Waals surface area contributed by atoms with Gasteiger partial charge in [-0.1, -0.05) is 18.2 Å². The predicted octanol–water partition coefficient (Wildman–Crippen LogP) is 2.99. The number of carboxylic acid groups (broad SMARTS) is 1. The summed E-state index contributed by atoms with van der Waals surface area (Å²) >= 11 is 0. The molecule has 5 rings (SSSR count). The zero-order valence-corrected chi connectivity index (χ0v) is 18.6. The Kier molecular flexibility index (Phi) is 5.20. The third kappa shape index (κ3) is 3.53. The number of nitrogens with zero attached hydrogens (tertiary/aromatic N) is 3. The minimum Gasteiger partial charge on any atom is -0.493 e. The van der Waals surface area contributed by atoms with Gasteiger partial charge in [0.25, 0.3) is 0 Å². The van der Waals surface area contributed by atoms with Crippen LogP contribution in [0.3, 0.4) is 0 Å². The van der Waals surface area contributed by atoms with E-state index in [0.29, 0.717) is 35.9 Å². The number of methoxy groups -OCH3 is 2. The number of hydrogen-bond donors (Lipinski definition) is 3. The Morgan fingerprint density at radius 3 is 2.47 bits per heavy atom. The van der Waals surface area contributed by atoms with Gasteiger partial charge >= 0.3 is 5.97 Å². The summed E-state index contributed by atoms with van der Waals surface area (Å²) in [5, 5.41) is 16.8. The van der Waals surface area contributed by atoms with Crippen LogP contribution in [0.2, 0.25) is 0 Å². The Morgan fingerprint density at radius 1 is 1.09 bits per heavy atom. The maximum absolute atomic E-state index is 13.5. The first-order valence-electron chi connectivity index (χ1n) is 10.7. The Hall–Kier alpha value is -4.34. The van der Waals surface area contributed by atoms with E-state index < -0.39 is 12.0 Å². The number of nitrogens with one attached hydrogen (secondary N) is 1. The standard InChI is InChI=1S/C24H23N5O5/c1-33-18-8-7-14(11-19(18)34-2)15-9-16-20(17(30)10-15)21(29-24(26-16)27-23(25)28-29)12-3-5-13(6-4-12)22(31)32/h3-8,11,15,21H,9-10H2,1-2H3,(H,31,32)(H3,25,26,27,28)/t15-,21-/m0/s1. The lowest BCUT2D eigenvalue weighted by Crippen LogP contribution is -2.33. The lowest BCUT2D eigenvalue weighted by Gasteiger charge is -2.35. The number of carbonyl (C=O) groups excluding carboxylic acids is 1. The number of carboxylic acids is 1. The van der Waals surface area contributed by atoms with Crippen LogP contribution in [0.4, 0.5) is 11.9 Å². The van der Waals surface area contributed by atoms with Crippen molar-refractivity contribution in [3.05, 3.63) is 70.4 Å². The van der Waals surface area contributed by atoms with Gasteiger partial charge in [-0.2, -0.15) is 4.98 Å². The number of hydrogen-bond acceptors (Lipinski definition) is 8. The van der Waals surface area contributed by atoms with Crippen LogP contribution in [0.15, 0.2) is 53.7 Å². The van der Waals surface area contributed by atoms with E-state index >= 15 is 0 Å². The lowest BCUT2D eigenvalue weighted by molar-refractivity contribution is -0.116. The minimum absolute atomic E-state index is 0.0273. The second kappa shape index (κ2) is 8.22. The fraction of sp³-hybridized carbons (Fsp3) is 0.250. The highest BCUT2D eigenvalue weighted by molar-refractivity contribution is 6.00. The van der Waals surface area contributed by atoms with Gasteiger partial charge in [-0.05, 0) is 47.7 Å². The molecule has 1 aromatic heterocycles. The summed E-state index contributed by atoms with van der Waals surface area (Å²) in [6, 6.07) is 11.5. The number of rotatable bonds is 5. The molecule has 0 bridgehead atoms. The molecule has 0 saturated carbocycles. The maximum atomic E-state index is 13.5. The van der Waals surface area contributed by atoms with Crippen molar-refractivity contribution < 1.29 is 24.2 Å². The Labute approximate surface area is 195 Å². The molecule has 10 heteroatoms. The highest BCUT2D eigenvalue weighted by Crippen LogP contribution is 2.45. The summed E-state index contributed by atoms with van der Waals surface area (Å²) in [5.41, 5.74) is 9.06. The molecule has 10 nitrogen and oxygen atoms in total. The molecule has 0 fully saturated rings. The van der Waals surface area contributed by atoms with E-state index in [2.05, 4.69) is 15.4 Å². The van der Waals surface area contributed by atoms with Crippen LogP contribution < -0.4 is 20.5 Å². The van der Waals surface area contributed by atoms with Crippen molar-refractivity contribution in [2.75, 3.05) is 25.3 Å². The number of aromatic carboxylic acids is 1. The number of fused-ring (bicyclic) bond motifs is 1.